The van der Waals surface area contributed by atoms with Crippen LogP contribution in [0.3, 0.4) is 0 Å². The van der Waals surface area contributed by atoms with E-state index in [4.69, 9.17) is 10.9 Å². The van der Waals surface area contributed by atoms with E-state index in [1.807, 2.05) is 26.1 Å². The Balaban J connectivity index is 3.16. The first-order chi connectivity index (χ1) is 8.51. The summed E-state index contributed by atoms with van der Waals surface area (Å²) in [5.74, 6) is 1.81. The van der Waals surface area contributed by atoms with Gasteiger partial charge in [-0.05, 0) is 32.2 Å². The highest BCUT2D eigenvalue weighted by Crippen LogP contribution is 2.20. The van der Waals surface area contributed by atoms with E-state index in [2.05, 4.69) is 28.2 Å². The molecule has 1 rings (SSSR count). The van der Waals surface area contributed by atoms with Gasteiger partial charge in [-0.25, -0.2) is 4.98 Å². The highest BCUT2D eigenvalue weighted by atomic mass is 32.2. The zero-order chi connectivity index (χ0) is 13.7. The fraction of sp³-hybridized carbons (Fsp3) is 0.500. The monoisotopic (exact) mass is 268 g/mol. The third kappa shape index (κ3) is 3.29. The van der Waals surface area contributed by atoms with Crippen LogP contribution in [-0.2, 0) is 0 Å². The normalized spacial score (nSPS) is 13.4. The first-order valence-corrected chi connectivity index (χ1v) is 7.08. The number of amidine groups is 1. The molecule has 5 nitrogen and oxygen atoms in total. The second kappa shape index (κ2) is 6.49. The molecule has 1 aromatic heterocycles. The van der Waals surface area contributed by atoms with Gasteiger partial charge in [-0.1, -0.05) is 5.16 Å². The Morgan fingerprint density at radius 3 is 2.83 bits per heavy atom. The van der Waals surface area contributed by atoms with Gasteiger partial charge in [-0.2, -0.15) is 11.8 Å². The van der Waals surface area contributed by atoms with Crippen LogP contribution in [0.4, 0.5) is 5.82 Å². The second-order valence-electron chi connectivity index (χ2n) is 4.22. The molecule has 1 heterocycles. The van der Waals surface area contributed by atoms with E-state index in [0.29, 0.717) is 11.6 Å². The lowest BCUT2D eigenvalue weighted by atomic mass is 10.2. The van der Waals surface area contributed by atoms with Crippen molar-refractivity contribution in [3.63, 3.8) is 0 Å². The largest absolute Gasteiger partial charge is 0.409 e. The Bertz CT molecular complexity index is 436. The molecule has 3 N–H and O–H groups in total. The van der Waals surface area contributed by atoms with Crippen LogP contribution in [0.1, 0.15) is 18.2 Å². The Hall–Kier alpha value is -1.43. The van der Waals surface area contributed by atoms with Gasteiger partial charge in [0.1, 0.15) is 5.82 Å². The van der Waals surface area contributed by atoms with Crippen molar-refractivity contribution in [1.29, 1.82) is 0 Å². The maximum Gasteiger partial charge on any atom is 0.173 e. The van der Waals surface area contributed by atoms with Gasteiger partial charge < -0.3 is 15.8 Å². The third-order valence-corrected chi connectivity index (χ3v) is 3.62. The maximum atomic E-state index is 8.82. The van der Waals surface area contributed by atoms with Gasteiger partial charge in [0.15, 0.2) is 5.84 Å². The van der Waals surface area contributed by atoms with Crippen molar-refractivity contribution in [2.45, 2.75) is 19.9 Å². The van der Waals surface area contributed by atoms with Crippen LogP contribution in [-0.4, -0.2) is 41.1 Å². The van der Waals surface area contributed by atoms with Gasteiger partial charge in [-0.3, -0.25) is 0 Å². The molecule has 0 spiro atoms. The molecule has 100 valence electrons. The van der Waals surface area contributed by atoms with Gasteiger partial charge >= 0.3 is 0 Å². The molecular weight excluding hydrogens is 248 g/mol. The molecule has 0 aromatic carbocycles. The van der Waals surface area contributed by atoms with Crippen LogP contribution in [0.5, 0.6) is 0 Å². The number of aryl methyl sites for hydroxylation is 1. The number of nitrogens with zero attached hydrogens (tertiary/aromatic N) is 3. The number of thioether (sulfide) groups is 1. The summed E-state index contributed by atoms with van der Waals surface area (Å²) in [6, 6.07) is 4.00. The van der Waals surface area contributed by atoms with Gasteiger partial charge in [0.25, 0.3) is 0 Å². The van der Waals surface area contributed by atoms with Gasteiger partial charge in [0.2, 0.25) is 0 Å². The van der Waals surface area contributed by atoms with E-state index < -0.39 is 0 Å². The topological polar surface area (TPSA) is 74.7 Å². The van der Waals surface area contributed by atoms with Crippen molar-refractivity contribution in [2.24, 2.45) is 10.9 Å². The molecule has 0 aliphatic carbocycles. The average Bonchev–Trinajstić information content (AvgIpc) is 2.37. The summed E-state index contributed by atoms with van der Waals surface area (Å²) in [7, 11) is 1.97. The van der Waals surface area contributed by atoms with Crippen LogP contribution in [0.15, 0.2) is 17.3 Å². The molecule has 6 heteroatoms. The smallest absolute Gasteiger partial charge is 0.173 e. The predicted octanol–water partition coefficient (Wildman–Crippen LogP) is 1.67. The van der Waals surface area contributed by atoms with Crippen molar-refractivity contribution in [1.82, 2.24) is 4.98 Å². The lowest BCUT2D eigenvalue weighted by molar-refractivity contribution is 0.318. The van der Waals surface area contributed by atoms with E-state index in [0.717, 1.165) is 17.3 Å². The van der Waals surface area contributed by atoms with Crippen molar-refractivity contribution in [2.75, 3.05) is 24.0 Å². The lowest BCUT2D eigenvalue weighted by Crippen LogP contribution is -2.33. The summed E-state index contributed by atoms with van der Waals surface area (Å²) < 4.78 is 0. The van der Waals surface area contributed by atoms with Gasteiger partial charge in [0, 0.05) is 24.5 Å². The first-order valence-electron chi connectivity index (χ1n) is 5.68. The fourth-order valence-electron chi connectivity index (χ4n) is 1.63. The quantitative estimate of drug-likeness (QED) is 0.368. The number of nitrogens with two attached hydrogens (primary N) is 1. The SMILES string of the molecule is CSCC(C)N(C)c1nc(C)ccc1/C(N)=N/O. The van der Waals surface area contributed by atoms with E-state index in [9.17, 15) is 0 Å². The highest BCUT2D eigenvalue weighted by Gasteiger charge is 2.17. The molecule has 1 unspecified atom stereocenters. The van der Waals surface area contributed by atoms with Crippen LogP contribution in [0.2, 0.25) is 0 Å². The molecule has 0 saturated heterocycles. The minimum Gasteiger partial charge on any atom is -0.409 e. The summed E-state index contributed by atoms with van der Waals surface area (Å²) in [5.41, 5.74) is 7.24. The van der Waals surface area contributed by atoms with Crippen molar-refractivity contribution < 1.29 is 5.21 Å². The van der Waals surface area contributed by atoms with Crippen molar-refractivity contribution >= 4 is 23.4 Å². The van der Waals surface area contributed by atoms with Gasteiger partial charge in [-0.15, -0.1) is 0 Å². The predicted molar refractivity (Wildman–Crippen MR) is 77.7 cm³/mol. The van der Waals surface area contributed by atoms with E-state index in [1.54, 1.807) is 11.8 Å². The summed E-state index contributed by atoms with van der Waals surface area (Å²) >= 11 is 1.78. The minimum atomic E-state index is 0.0840. The van der Waals surface area contributed by atoms with E-state index in [-0.39, 0.29) is 5.84 Å². The number of anilines is 1. The summed E-state index contributed by atoms with van der Waals surface area (Å²) in [4.78, 5) is 6.54. The fourth-order valence-corrected chi connectivity index (χ4v) is 2.33. The Morgan fingerprint density at radius 1 is 1.61 bits per heavy atom. The summed E-state index contributed by atoms with van der Waals surface area (Å²) in [5, 5.41) is 11.9. The van der Waals surface area contributed by atoms with Crippen LogP contribution >= 0.6 is 11.8 Å². The Labute approximate surface area is 112 Å². The molecule has 0 saturated carbocycles. The first kappa shape index (κ1) is 14.6. The summed E-state index contributed by atoms with van der Waals surface area (Å²) in [6.45, 7) is 4.04. The van der Waals surface area contributed by atoms with Gasteiger partial charge in [0.05, 0.1) is 5.56 Å². The molecular formula is C12H20N4OS. The van der Waals surface area contributed by atoms with Crippen molar-refractivity contribution in [3.8, 4) is 0 Å². The molecule has 0 radical (unpaired) electrons. The zero-order valence-electron chi connectivity index (χ0n) is 11.2. The molecule has 0 aliphatic heterocycles. The third-order valence-electron chi connectivity index (χ3n) is 2.80. The molecule has 0 aliphatic rings. The zero-order valence-corrected chi connectivity index (χ0v) is 12.0. The van der Waals surface area contributed by atoms with E-state index >= 15 is 0 Å². The average molecular weight is 268 g/mol. The Morgan fingerprint density at radius 2 is 2.28 bits per heavy atom. The van der Waals surface area contributed by atoms with Crippen LogP contribution < -0.4 is 10.6 Å². The molecule has 0 bridgehead atoms. The van der Waals surface area contributed by atoms with Crippen molar-refractivity contribution in [3.05, 3.63) is 23.4 Å². The molecule has 0 amide bonds. The summed E-state index contributed by atoms with van der Waals surface area (Å²) in [6.07, 6.45) is 2.07. The highest BCUT2D eigenvalue weighted by molar-refractivity contribution is 7.98. The number of pyridine rings is 1. The lowest BCUT2D eigenvalue weighted by Gasteiger charge is -2.27. The number of rotatable bonds is 5. The molecule has 1 aromatic rings. The molecule has 18 heavy (non-hydrogen) atoms. The van der Waals surface area contributed by atoms with E-state index in [1.165, 1.54) is 0 Å². The molecule has 1 atom stereocenters. The number of oxime groups is 1. The van der Waals surface area contributed by atoms with Crippen LogP contribution in [0, 0.1) is 6.92 Å². The number of aromatic nitrogens is 1. The molecule has 0 fully saturated rings. The minimum absolute atomic E-state index is 0.0840. The number of hydrogen-bond acceptors (Lipinski definition) is 5. The second-order valence-corrected chi connectivity index (χ2v) is 5.13. The van der Waals surface area contributed by atoms with Crippen LogP contribution in [0.25, 0.3) is 0 Å². The standard InChI is InChI=1S/C12H20N4OS/c1-8-5-6-10(11(13)15-17)12(14-8)16(3)9(2)7-18-4/h5-6,9,17H,7H2,1-4H3,(H2,13,15). The number of hydrogen-bond donors (Lipinski definition) is 2. The Kier molecular flexibility index (Phi) is 5.27. The maximum absolute atomic E-state index is 8.82.